The molecule has 5 nitrogen and oxygen atoms in total. The third-order valence-electron chi connectivity index (χ3n) is 5.47. The minimum atomic E-state index is -0.352. The molecule has 0 bridgehead atoms. The van der Waals surface area contributed by atoms with Crippen LogP contribution in [0.1, 0.15) is 51.9 Å². The molecular weight excluding hydrogens is 276 g/mol. The fourth-order valence-electron chi connectivity index (χ4n) is 3.83. The summed E-state index contributed by atoms with van der Waals surface area (Å²) in [6.45, 7) is 7.43. The van der Waals surface area contributed by atoms with Crippen molar-refractivity contribution < 1.29 is 4.79 Å². The number of nitrogens with two attached hydrogens (primary N) is 1. The number of carbonyl (C=O) groups is 1. The first-order valence-electron chi connectivity index (χ1n) is 9.04. The van der Waals surface area contributed by atoms with Crippen molar-refractivity contribution in [3.63, 3.8) is 0 Å². The zero-order chi connectivity index (χ0) is 16.0. The number of nitrogens with one attached hydrogen (secondary N) is 1. The van der Waals surface area contributed by atoms with Crippen LogP contribution in [-0.2, 0) is 4.79 Å². The van der Waals surface area contributed by atoms with Gasteiger partial charge in [-0.1, -0.05) is 19.8 Å². The Balaban J connectivity index is 1.97. The molecule has 0 spiro atoms. The van der Waals surface area contributed by atoms with Gasteiger partial charge in [0.2, 0.25) is 5.91 Å². The van der Waals surface area contributed by atoms with E-state index in [-0.39, 0.29) is 17.5 Å². The zero-order valence-corrected chi connectivity index (χ0v) is 14.4. The lowest BCUT2D eigenvalue weighted by molar-refractivity contribution is -0.123. The highest BCUT2D eigenvalue weighted by molar-refractivity contribution is 5.81. The number of likely N-dealkylation sites (tertiary alicyclic amines) is 2. The van der Waals surface area contributed by atoms with E-state index in [0.717, 1.165) is 45.3 Å². The number of amides is 1. The van der Waals surface area contributed by atoms with Crippen molar-refractivity contribution in [2.45, 2.75) is 63.5 Å². The minimum absolute atomic E-state index is 0.0252. The van der Waals surface area contributed by atoms with Crippen molar-refractivity contribution in [1.29, 1.82) is 0 Å². The van der Waals surface area contributed by atoms with E-state index in [1.807, 2.05) is 0 Å². The highest BCUT2D eigenvalue weighted by atomic mass is 16.2. The van der Waals surface area contributed by atoms with E-state index in [0.29, 0.717) is 0 Å². The second-order valence-corrected chi connectivity index (χ2v) is 7.19. The molecule has 22 heavy (non-hydrogen) atoms. The van der Waals surface area contributed by atoms with Gasteiger partial charge in [0.25, 0.3) is 0 Å². The SMILES string of the molecule is CCCC(N)C(=O)NCC1(N2CCCCC2)CCN(C)CC1. The van der Waals surface area contributed by atoms with Gasteiger partial charge >= 0.3 is 0 Å². The van der Waals surface area contributed by atoms with Crippen LogP contribution in [0.15, 0.2) is 0 Å². The molecule has 2 aliphatic rings. The largest absolute Gasteiger partial charge is 0.353 e. The van der Waals surface area contributed by atoms with Crippen molar-refractivity contribution >= 4 is 5.91 Å². The third kappa shape index (κ3) is 4.43. The van der Waals surface area contributed by atoms with Crippen molar-refractivity contribution in [2.24, 2.45) is 5.73 Å². The van der Waals surface area contributed by atoms with Crippen molar-refractivity contribution in [2.75, 3.05) is 39.8 Å². The predicted octanol–water partition coefficient (Wildman–Crippen LogP) is 1.18. The molecule has 0 aromatic carbocycles. The molecule has 2 heterocycles. The molecule has 0 aromatic heterocycles. The van der Waals surface area contributed by atoms with Gasteiger partial charge in [-0.05, 0) is 65.3 Å². The summed E-state index contributed by atoms with van der Waals surface area (Å²) in [4.78, 5) is 17.2. The Morgan fingerprint density at radius 2 is 1.82 bits per heavy atom. The molecule has 3 N–H and O–H groups in total. The quantitative estimate of drug-likeness (QED) is 0.773. The summed E-state index contributed by atoms with van der Waals surface area (Å²) in [7, 11) is 2.19. The van der Waals surface area contributed by atoms with Gasteiger partial charge in [0.15, 0.2) is 0 Å². The lowest BCUT2D eigenvalue weighted by atomic mass is 9.84. The second kappa shape index (κ2) is 8.27. The highest BCUT2D eigenvalue weighted by Gasteiger charge is 2.39. The van der Waals surface area contributed by atoms with Gasteiger partial charge in [-0.25, -0.2) is 0 Å². The topological polar surface area (TPSA) is 61.6 Å². The Labute approximate surface area is 135 Å². The van der Waals surface area contributed by atoms with Gasteiger partial charge in [-0.3, -0.25) is 9.69 Å². The van der Waals surface area contributed by atoms with Crippen LogP contribution in [0.3, 0.4) is 0 Å². The first-order valence-corrected chi connectivity index (χ1v) is 9.04. The Morgan fingerprint density at radius 3 is 2.41 bits per heavy atom. The lowest BCUT2D eigenvalue weighted by Gasteiger charge is -2.50. The van der Waals surface area contributed by atoms with E-state index in [1.54, 1.807) is 0 Å². The van der Waals surface area contributed by atoms with Gasteiger partial charge < -0.3 is 16.0 Å². The molecule has 2 fully saturated rings. The number of hydrogen-bond donors (Lipinski definition) is 2. The summed E-state index contributed by atoms with van der Waals surface area (Å²) in [5.74, 6) is 0.0252. The summed E-state index contributed by atoms with van der Waals surface area (Å²) in [6.07, 6.45) is 7.95. The molecule has 0 aliphatic carbocycles. The molecule has 5 heteroatoms. The molecule has 1 atom stereocenters. The Kier molecular flexibility index (Phi) is 6.66. The van der Waals surface area contributed by atoms with E-state index >= 15 is 0 Å². The van der Waals surface area contributed by atoms with Gasteiger partial charge in [-0.15, -0.1) is 0 Å². The zero-order valence-electron chi connectivity index (χ0n) is 14.4. The molecule has 2 saturated heterocycles. The van der Waals surface area contributed by atoms with Crippen molar-refractivity contribution in [3.05, 3.63) is 0 Å². The third-order valence-corrected chi connectivity index (χ3v) is 5.47. The normalized spacial score (nSPS) is 24.9. The summed E-state index contributed by atoms with van der Waals surface area (Å²) >= 11 is 0. The molecule has 128 valence electrons. The molecule has 2 aliphatic heterocycles. The number of nitrogens with zero attached hydrogens (tertiary/aromatic N) is 2. The molecule has 1 amide bonds. The standard InChI is InChI=1S/C17H34N4O/c1-3-7-15(18)16(22)19-14-17(8-12-20(2)13-9-17)21-10-5-4-6-11-21/h15H,3-14,18H2,1-2H3,(H,19,22). The summed E-state index contributed by atoms with van der Waals surface area (Å²) in [5, 5.41) is 3.17. The first-order chi connectivity index (χ1) is 10.6. The van der Waals surface area contributed by atoms with Gasteiger partial charge in [0, 0.05) is 12.1 Å². The summed E-state index contributed by atoms with van der Waals surface area (Å²) in [5.41, 5.74) is 6.10. The molecular formula is C17H34N4O. The van der Waals surface area contributed by atoms with Crippen LogP contribution < -0.4 is 11.1 Å². The number of rotatable bonds is 6. The van der Waals surface area contributed by atoms with Gasteiger partial charge in [-0.2, -0.15) is 0 Å². The van der Waals surface area contributed by atoms with E-state index < -0.39 is 0 Å². The summed E-state index contributed by atoms with van der Waals surface area (Å²) in [6, 6.07) is -0.352. The lowest BCUT2D eigenvalue weighted by Crippen LogP contribution is -2.62. The van der Waals surface area contributed by atoms with Crippen molar-refractivity contribution in [1.82, 2.24) is 15.1 Å². The van der Waals surface area contributed by atoms with E-state index in [1.165, 1.54) is 32.4 Å². The van der Waals surface area contributed by atoms with Gasteiger partial charge in [0.05, 0.1) is 6.04 Å². The van der Waals surface area contributed by atoms with Crippen LogP contribution in [0.25, 0.3) is 0 Å². The summed E-state index contributed by atoms with van der Waals surface area (Å²) < 4.78 is 0. The average Bonchev–Trinajstić information content (AvgIpc) is 2.55. The number of piperidine rings is 2. The van der Waals surface area contributed by atoms with Crippen LogP contribution in [0.5, 0.6) is 0 Å². The predicted molar refractivity (Wildman–Crippen MR) is 90.8 cm³/mol. The van der Waals surface area contributed by atoms with Crippen LogP contribution in [0.2, 0.25) is 0 Å². The van der Waals surface area contributed by atoms with E-state index in [4.69, 9.17) is 5.73 Å². The van der Waals surface area contributed by atoms with E-state index in [9.17, 15) is 4.79 Å². The van der Waals surface area contributed by atoms with Crippen molar-refractivity contribution in [3.8, 4) is 0 Å². The first kappa shape index (κ1) is 17.7. The van der Waals surface area contributed by atoms with Crippen LogP contribution >= 0.6 is 0 Å². The fraction of sp³-hybridized carbons (Fsp3) is 0.941. The van der Waals surface area contributed by atoms with Crippen LogP contribution in [0.4, 0.5) is 0 Å². The molecule has 2 rings (SSSR count). The maximum Gasteiger partial charge on any atom is 0.236 e. The van der Waals surface area contributed by atoms with Gasteiger partial charge in [0.1, 0.15) is 0 Å². The Morgan fingerprint density at radius 1 is 1.18 bits per heavy atom. The highest BCUT2D eigenvalue weighted by Crippen LogP contribution is 2.30. The molecule has 1 unspecified atom stereocenters. The molecule has 0 aromatic rings. The maximum atomic E-state index is 12.2. The minimum Gasteiger partial charge on any atom is -0.353 e. The van der Waals surface area contributed by atoms with E-state index in [2.05, 4.69) is 29.1 Å². The molecule has 0 radical (unpaired) electrons. The van der Waals surface area contributed by atoms with Crippen LogP contribution in [-0.4, -0.2) is 67.1 Å². The Hall–Kier alpha value is -0.650. The monoisotopic (exact) mass is 310 g/mol. The smallest absolute Gasteiger partial charge is 0.236 e. The Bertz CT molecular complexity index is 347. The average molecular weight is 310 g/mol. The maximum absolute atomic E-state index is 12.2. The molecule has 0 saturated carbocycles. The number of carbonyl (C=O) groups excluding carboxylic acids is 1. The second-order valence-electron chi connectivity index (χ2n) is 7.19. The van der Waals surface area contributed by atoms with Crippen LogP contribution in [0, 0.1) is 0 Å². The number of hydrogen-bond acceptors (Lipinski definition) is 4. The fourth-order valence-corrected chi connectivity index (χ4v) is 3.83.